The van der Waals surface area contributed by atoms with Gasteiger partial charge in [0.05, 0.1) is 5.92 Å². The van der Waals surface area contributed by atoms with E-state index in [9.17, 15) is 19.3 Å². The number of ether oxygens (including phenoxy) is 1. The second-order valence-electron chi connectivity index (χ2n) is 6.28. The Balaban J connectivity index is 2.32. The number of benzene rings is 1. The highest BCUT2D eigenvalue weighted by molar-refractivity contribution is 7.32. The Labute approximate surface area is 158 Å². The molecule has 1 aromatic carbocycles. The molecule has 0 saturated carbocycles. The summed E-state index contributed by atoms with van der Waals surface area (Å²) in [4.78, 5) is 31.7. The highest BCUT2D eigenvalue weighted by Gasteiger charge is 2.25. The predicted molar refractivity (Wildman–Crippen MR) is 97.7 cm³/mol. The molecule has 1 aromatic rings. The van der Waals surface area contributed by atoms with Gasteiger partial charge in [0.1, 0.15) is 6.61 Å². The number of alkyl carbamates (subject to hydrolysis) is 1. The Kier molecular flexibility index (Phi) is 10.5. The lowest BCUT2D eigenvalue weighted by atomic mass is 9.91. The molecule has 0 aliphatic heterocycles. The highest BCUT2D eigenvalue weighted by Crippen LogP contribution is 2.22. The lowest BCUT2D eigenvalue weighted by Crippen LogP contribution is -2.31. The molecular weight excluding hydrogens is 375 g/mol. The molecule has 0 spiro atoms. The molecule has 4 atom stereocenters. The lowest BCUT2D eigenvalue weighted by Gasteiger charge is -2.18. The van der Waals surface area contributed by atoms with Crippen LogP contribution in [0.3, 0.4) is 0 Å². The summed E-state index contributed by atoms with van der Waals surface area (Å²) in [5, 5.41) is 11.9. The molecular formula is C17H26N2O7P+. The van der Waals surface area contributed by atoms with Gasteiger partial charge in [-0.05, 0) is 30.7 Å². The first-order valence-electron chi connectivity index (χ1n) is 8.53. The third kappa shape index (κ3) is 10.6. The fourth-order valence-corrected chi connectivity index (χ4v) is 2.81. The van der Waals surface area contributed by atoms with E-state index >= 15 is 0 Å². The fourth-order valence-electron chi connectivity index (χ4n) is 2.48. The van der Waals surface area contributed by atoms with Crippen molar-refractivity contribution in [1.29, 1.82) is 0 Å². The minimum Gasteiger partial charge on any atom is -0.481 e. The van der Waals surface area contributed by atoms with E-state index in [1.54, 1.807) is 0 Å². The number of amides is 1. The average Bonchev–Trinajstić information content (AvgIpc) is 2.61. The summed E-state index contributed by atoms with van der Waals surface area (Å²) in [6.07, 6.45) is -0.923. The highest BCUT2D eigenvalue weighted by atomic mass is 31.1. The van der Waals surface area contributed by atoms with E-state index in [-0.39, 0.29) is 31.9 Å². The van der Waals surface area contributed by atoms with E-state index in [4.69, 9.17) is 15.4 Å². The first kappa shape index (κ1) is 23.0. The first-order chi connectivity index (χ1) is 12.8. The Morgan fingerprint density at radius 3 is 2.52 bits per heavy atom. The van der Waals surface area contributed by atoms with Crippen LogP contribution in [0.25, 0.3) is 0 Å². The van der Waals surface area contributed by atoms with Gasteiger partial charge in [0.2, 0.25) is 0 Å². The number of nitrogens with two attached hydrogens (primary N) is 1. The maximum Gasteiger partial charge on any atom is 0.696 e. The van der Waals surface area contributed by atoms with Gasteiger partial charge in [0.25, 0.3) is 0 Å². The molecule has 0 aliphatic rings. The van der Waals surface area contributed by atoms with E-state index in [1.165, 1.54) is 0 Å². The number of nitrogens with one attached hydrogen (secondary N) is 1. The lowest BCUT2D eigenvalue weighted by molar-refractivity contribution is -0.142. The van der Waals surface area contributed by atoms with E-state index < -0.39 is 32.5 Å². The van der Waals surface area contributed by atoms with Gasteiger partial charge >= 0.3 is 20.3 Å². The van der Waals surface area contributed by atoms with Crippen molar-refractivity contribution in [2.24, 2.45) is 17.6 Å². The van der Waals surface area contributed by atoms with Gasteiger partial charge < -0.3 is 20.9 Å². The minimum absolute atomic E-state index is 0.109. The monoisotopic (exact) mass is 401 g/mol. The topological polar surface area (TPSA) is 148 Å². The van der Waals surface area contributed by atoms with Gasteiger partial charge in [-0.25, -0.2) is 4.79 Å². The van der Waals surface area contributed by atoms with E-state index in [2.05, 4.69) is 9.84 Å². The number of rotatable bonds is 12. The van der Waals surface area contributed by atoms with Gasteiger partial charge in [0, 0.05) is 11.1 Å². The van der Waals surface area contributed by atoms with Crippen molar-refractivity contribution < 1.29 is 33.4 Å². The van der Waals surface area contributed by atoms with E-state index in [0.717, 1.165) is 5.56 Å². The number of carboxylic acid groups (broad SMARTS) is 1. The molecule has 0 saturated heterocycles. The van der Waals surface area contributed by atoms with Crippen LogP contribution in [0.2, 0.25) is 0 Å². The van der Waals surface area contributed by atoms with Crippen molar-refractivity contribution in [1.82, 2.24) is 5.32 Å². The second-order valence-corrected chi connectivity index (χ2v) is 6.96. The van der Waals surface area contributed by atoms with E-state index in [1.807, 2.05) is 37.3 Å². The van der Waals surface area contributed by atoms with Crippen molar-refractivity contribution >= 4 is 20.3 Å². The molecule has 1 amide bonds. The summed E-state index contributed by atoms with van der Waals surface area (Å²) in [5.74, 6) is -1.80. The zero-order chi connectivity index (χ0) is 20.2. The van der Waals surface area contributed by atoms with Crippen LogP contribution in [0.15, 0.2) is 30.3 Å². The van der Waals surface area contributed by atoms with Crippen molar-refractivity contribution in [3.63, 3.8) is 0 Å². The van der Waals surface area contributed by atoms with Gasteiger partial charge in [-0.3, -0.25) is 4.79 Å². The molecule has 4 unspecified atom stereocenters. The minimum atomic E-state index is -2.82. The molecule has 0 bridgehead atoms. The van der Waals surface area contributed by atoms with E-state index in [0.29, 0.717) is 6.42 Å². The summed E-state index contributed by atoms with van der Waals surface area (Å²) < 4.78 is 20.1. The maximum absolute atomic E-state index is 11.7. The molecule has 0 fully saturated rings. The summed E-state index contributed by atoms with van der Waals surface area (Å²) in [5.41, 5.74) is 6.37. The number of carbonyl (C=O) groups excluding carboxylic acids is 1. The standard InChI is InChI=1S/C17H25N2O7P/c1-12(9-14(16(20)21)7-8-15(18)26-27(23)24)10-19-17(22)25-11-13-5-3-2-4-6-13/h2-6,12,14-15H,7-11,18H2,1H3,(H2-,19,20,21,22,23,24)/p+1. The molecule has 9 nitrogen and oxygen atoms in total. The van der Waals surface area contributed by atoms with Crippen molar-refractivity contribution in [3.05, 3.63) is 35.9 Å². The molecule has 0 heterocycles. The number of hydrogen-bond donors (Lipinski definition) is 4. The SMILES string of the molecule is CC(CNC(=O)OCc1ccccc1)CC(CCC(N)O[P+](=O)O)C(=O)O. The first-order valence-corrected chi connectivity index (χ1v) is 9.66. The largest absolute Gasteiger partial charge is 0.696 e. The number of aliphatic carboxylic acids is 1. The summed E-state index contributed by atoms with van der Waals surface area (Å²) in [6.45, 7) is 2.24. The molecule has 0 aromatic heterocycles. The van der Waals surface area contributed by atoms with Gasteiger partial charge in [-0.1, -0.05) is 37.3 Å². The van der Waals surface area contributed by atoms with Crippen molar-refractivity contribution in [2.75, 3.05) is 6.54 Å². The van der Waals surface area contributed by atoms with Crippen LogP contribution in [0.4, 0.5) is 4.79 Å². The van der Waals surface area contributed by atoms with Gasteiger partial charge in [-0.2, -0.15) is 0 Å². The Bertz CT molecular complexity index is 615. The zero-order valence-corrected chi connectivity index (χ0v) is 16.0. The molecule has 5 N–H and O–H groups in total. The van der Waals surface area contributed by atoms with Crippen LogP contribution >= 0.6 is 8.25 Å². The Morgan fingerprint density at radius 2 is 1.93 bits per heavy atom. The average molecular weight is 401 g/mol. The molecule has 0 radical (unpaired) electrons. The second kappa shape index (κ2) is 12.3. The molecule has 150 valence electrons. The third-order valence-electron chi connectivity index (χ3n) is 3.87. The summed E-state index contributed by atoms with van der Waals surface area (Å²) in [7, 11) is -2.82. The number of carboxylic acids is 1. The van der Waals surface area contributed by atoms with Gasteiger partial charge in [0.15, 0.2) is 6.23 Å². The smallest absolute Gasteiger partial charge is 0.481 e. The maximum atomic E-state index is 11.7. The predicted octanol–water partition coefficient (Wildman–Crippen LogP) is 2.37. The van der Waals surface area contributed by atoms with Crippen LogP contribution in [-0.4, -0.2) is 34.8 Å². The van der Waals surface area contributed by atoms with Crippen molar-refractivity contribution in [3.8, 4) is 0 Å². The molecule has 10 heteroatoms. The Morgan fingerprint density at radius 1 is 1.26 bits per heavy atom. The van der Waals surface area contributed by atoms with Crippen molar-refractivity contribution in [2.45, 2.75) is 39.0 Å². The Hall–Kier alpha value is -2.06. The van der Waals surface area contributed by atoms with Gasteiger partial charge in [-0.15, -0.1) is 9.42 Å². The summed E-state index contributed by atoms with van der Waals surface area (Å²) in [6, 6.07) is 9.25. The van der Waals surface area contributed by atoms with Crippen LogP contribution in [0.5, 0.6) is 0 Å². The summed E-state index contributed by atoms with van der Waals surface area (Å²) >= 11 is 0. The molecule has 1 rings (SSSR count). The quantitative estimate of drug-likeness (QED) is 0.308. The van der Waals surface area contributed by atoms with Crippen LogP contribution in [0, 0.1) is 11.8 Å². The normalized spacial score (nSPS) is 14.7. The number of hydrogen-bond acceptors (Lipinski definition) is 6. The molecule has 0 aliphatic carbocycles. The van der Waals surface area contributed by atoms with Crippen LogP contribution < -0.4 is 11.1 Å². The molecule has 27 heavy (non-hydrogen) atoms. The van der Waals surface area contributed by atoms with Crippen LogP contribution in [0.1, 0.15) is 31.7 Å². The van der Waals surface area contributed by atoms with Crippen LogP contribution in [-0.2, 0) is 25.2 Å². The third-order valence-corrected chi connectivity index (χ3v) is 4.32. The zero-order valence-electron chi connectivity index (χ0n) is 15.1. The fraction of sp³-hybridized carbons (Fsp3) is 0.529. The number of carbonyl (C=O) groups is 2.